The second-order valence-corrected chi connectivity index (χ2v) is 6.42. The number of carbonyl (C=O) groups excluding carboxylic acids is 1. The summed E-state index contributed by atoms with van der Waals surface area (Å²) >= 11 is 0. The Morgan fingerprint density at radius 1 is 1.24 bits per heavy atom. The van der Waals surface area contributed by atoms with E-state index in [9.17, 15) is 4.79 Å². The minimum atomic E-state index is -0.0470. The van der Waals surface area contributed by atoms with Crippen molar-refractivity contribution in [2.75, 3.05) is 23.9 Å². The first kappa shape index (κ1) is 15.8. The van der Waals surface area contributed by atoms with Gasteiger partial charge in [-0.25, -0.2) is 0 Å². The smallest absolute Gasteiger partial charge is 0.262 e. The first-order valence-corrected chi connectivity index (χ1v) is 8.75. The van der Waals surface area contributed by atoms with Crippen molar-refractivity contribution in [2.45, 2.75) is 32.4 Å². The fraction of sp³-hybridized carbons (Fsp3) is 0.350. The van der Waals surface area contributed by atoms with Gasteiger partial charge in [0.15, 0.2) is 11.5 Å². The molecule has 2 heterocycles. The number of nitrogens with one attached hydrogen (secondary N) is 1. The Hall–Kier alpha value is -2.69. The number of rotatable bonds is 5. The van der Waals surface area contributed by atoms with Crippen LogP contribution < -0.4 is 19.7 Å². The summed E-state index contributed by atoms with van der Waals surface area (Å²) in [6, 6.07) is 11.7. The van der Waals surface area contributed by atoms with E-state index in [4.69, 9.17) is 9.47 Å². The number of methoxy groups -OCH3 is 1. The number of hydrogen-bond donors (Lipinski definition) is 1. The molecular weight excluding hydrogens is 316 g/mol. The van der Waals surface area contributed by atoms with Crippen LogP contribution in [0.3, 0.4) is 0 Å². The summed E-state index contributed by atoms with van der Waals surface area (Å²) in [6.45, 7) is 2.76. The van der Waals surface area contributed by atoms with Crippen molar-refractivity contribution < 1.29 is 14.3 Å². The molecule has 2 aliphatic rings. The molecular formula is C20H22N2O3. The van der Waals surface area contributed by atoms with Gasteiger partial charge in [-0.1, -0.05) is 31.5 Å². The van der Waals surface area contributed by atoms with E-state index in [2.05, 4.69) is 18.3 Å². The number of benzene rings is 2. The Balaban J connectivity index is 1.70. The van der Waals surface area contributed by atoms with E-state index in [1.54, 1.807) is 13.2 Å². The molecule has 2 aromatic rings. The molecule has 0 spiro atoms. The molecule has 0 saturated carbocycles. The maximum atomic E-state index is 13.1. The number of hydrogen-bond acceptors (Lipinski definition) is 4. The monoisotopic (exact) mass is 338 g/mol. The molecule has 2 aromatic carbocycles. The van der Waals surface area contributed by atoms with Crippen molar-refractivity contribution in [2.24, 2.45) is 0 Å². The van der Waals surface area contributed by atoms with Crippen molar-refractivity contribution in [1.82, 2.24) is 0 Å². The molecule has 0 aliphatic carbocycles. The highest BCUT2D eigenvalue weighted by Crippen LogP contribution is 2.42. The SMILES string of the molecule is CCCCOc1cc2c(cc1OC)C(=O)N1c3ccccc3C[C@H]1N2. The molecule has 4 rings (SSSR count). The molecule has 130 valence electrons. The van der Waals surface area contributed by atoms with Crippen LogP contribution in [0, 0.1) is 0 Å². The third kappa shape index (κ3) is 2.60. The van der Waals surface area contributed by atoms with Gasteiger partial charge >= 0.3 is 0 Å². The van der Waals surface area contributed by atoms with Crippen molar-refractivity contribution in [1.29, 1.82) is 0 Å². The zero-order valence-corrected chi connectivity index (χ0v) is 14.5. The number of para-hydroxylation sites is 1. The molecule has 0 fully saturated rings. The van der Waals surface area contributed by atoms with E-state index in [1.165, 1.54) is 5.56 Å². The van der Waals surface area contributed by atoms with Gasteiger partial charge in [0.1, 0.15) is 6.17 Å². The summed E-state index contributed by atoms with van der Waals surface area (Å²) < 4.78 is 11.3. The normalized spacial score (nSPS) is 17.4. The number of amides is 1. The van der Waals surface area contributed by atoms with Crippen LogP contribution in [0.5, 0.6) is 11.5 Å². The van der Waals surface area contributed by atoms with Gasteiger partial charge in [-0.15, -0.1) is 0 Å². The van der Waals surface area contributed by atoms with Crippen molar-refractivity contribution in [3.8, 4) is 11.5 Å². The van der Waals surface area contributed by atoms with Gasteiger partial charge in [0.2, 0.25) is 0 Å². The highest BCUT2D eigenvalue weighted by molar-refractivity contribution is 6.13. The molecule has 0 aromatic heterocycles. The topological polar surface area (TPSA) is 50.8 Å². The summed E-state index contributed by atoms with van der Waals surface area (Å²) in [6.07, 6.45) is 2.81. The van der Waals surface area contributed by atoms with Crippen molar-refractivity contribution >= 4 is 17.3 Å². The molecule has 25 heavy (non-hydrogen) atoms. The van der Waals surface area contributed by atoms with Gasteiger partial charge in [0.05, 0.1) is 25.0 Å². The van der Waals surface area contributed by atoms with Crippen molar-refractivity contribution in [3.05, 3.63) is 47.5 Å². The summed E-state index contributed by atoms with van der Waals surface area (Å²) in [5.41, 5.74) is 3.60. The van der Waals surface area contributed by atoms with Gasteiger partial charge in [0, 0.05) is 18.2 Å². The highest BCUT2D eigenvalue weighted by Gasteiger charge is 2.39. The van der Waals surface area contributed by atoms with Gasteiger partial charge in [-0.05, 0) is 24.1 Å². The van der Waals surface area contributed by atoms with E-state index < -0.39 is 0 Å². The lowest BCUT2D eigenvalue weighted by molar-refractivity contribution is 0.0978. The van der Waals surface area contributed by atoms with Gasteiger partial charge in [-0.3, -0.25) is 9.69 Å². The average molecular weight is 338 g/mol. The number of carbonyl (C=O) groups is 1. The van der Waals surface area contributed by atoms with Gasteiger partial charge in [-0.2, -0.15) is 0 Å². The minimum absolute atomic E-state index is 0.00195. The number of unbranched alkanes of at least 4 members (excludes halogenated alkanes) is 1. The Kier molecular flexibility index (Phi) is 3.99. The quantitative estimate of drug-likeness (QED) is 0.842. The Bertz CT molecular complexity index is 819. The molecule has 1 atom stereocenters. The maximum Gasteiger partial charge on any atom is 0.262 e. The number of nitrogens with zero attached hydrogens (tertiary/aromatic N) is 1. The van der Waals surface area contributed by atoms with Gasteiger partial charge < -0.3 is 14.8 Å². The van der Waals surface area contributed by atoms with Crippen LogP contribution in [-0.4, -0.2) is 25.8 Å². The molecule has 5 nitrogen and oxygen atoms in total. The lowest BCUT2D eigenvalue weighted by Gasteiger charge is -2.33. The fourth-order valence-electron chi connectivity index (χ4n) is 3.52. The first-order chi connectivity index (χ1) is 12.2. The van der Waals surface area contributed by atoms with E-state index in [0.29, 0.717) is 23.7 Å². The van der Waals surface area contributed by atoms with Crippen LogP contribution in [0.25, 0.3) is 0 Å². The second-order valence-electron chi connectivity index (χ2n) is 6.42. The average Bonchev–Trinajstić information content (AvgIpc) is 3.00. The number of anilines is 2. The van der Waals surface area contributed by atoms with E-state index in [0.717, 1.165) is 30.6 Å². The summed E-state index contributed by atoms with van der Waals surface area (Å²) in [5.74, 6) is 1.28. The predicted molar refractivity (Wildman–Crippen MR) is 97.8 cm³/mol. The molecule has 5 heteroatoms. The van der Waals surface area contributed by atoms with E-state index in [1.807, 2.05) is 29.2 Å². The lowest BCUT2D eigenvalue weighted by Crippen LogP contribution is -2.46. The third-order valence-electron chi connectivity index (χ3n) is 4.81. The van der Waals surface area contributed by atoms with Crippen LogP contribution in [0.1, 0.15) is 35.7 Å². The summed E-state index contributed by atoms with van der Waals surface area (Å²) in [7, 11) is 1.60. The standard InChI is InChI=1S/C20H22N2O3/c1-3-4-9-25-18-12-15-14(11-17(18)24-2)20(23)22-16-8-6-5-7-13(16)10-19(22)21-15/h5-8,11-12,19,21H,3-4,9-10H2,1-2H3/t19-/m0/s1. The highest BCUT2D eigenvalue weighted by atomic mass is 16.5. The van der Waals surface area contributed by atoms with Crippen LogP contribution in [-0.2, 0) is 6.42 Å². The van der Waals surface area contributed by atoms with Crippen LogP contribution in [0.15, 0.2) is 36.4 Å². The zero-order valence-electron chi connectivity index (χ0n) is 14.5. The van der Waals surface area contributed by atoms with Crippen LogP contribution >= 0.6 is 0 Å². The minimum Gasteiger partial charge on any atom is -0.493 e. The van der Waals surface area contributed by atoms with Crippen molar-refractivity contribution in [3.63, 3.8) is 0 Å². The molecule has 0 radical (unpaired) electrons. The Labute approximate surface area is 147 Å². The number of ether oxygens (including phenoxy) is 2. The van der Waals surface area contributed by atoms with E-state index >= 15 is 0 Å². The van der Waals surface area contributed by atoms with E-state index in [-0.39, 0.29) is 12.1 Å². The van der Waals surface area contributed by atoms with Crippen LogP contribution in [0.2, 0.25) is 0 Å². The summed E-state index contributed by atoms with van der Waals surface area (Å²) in [4.78, 5) is 14.9. The fourth-order valence-corrected chi connectivity index (χ4v) is 3.52. The summed E-state index contributed by atoms with van der Waals surface area (Å²) in [5, 5.41) is 3.49. The molecule has 0 saturated heterocycles. The second kappa shape index (κ2) is 6.31. The first-order valence-electron chi connectivity index (χ1n) is 8.75. The lowest BCUT2D eigenvalue weighted by atomic mass is 10.1. The zero-order chi connectivity index (χ0) is 17.4. The maximum absolute atomic E-state index is 13.1. The Morgan fingerprint density at radius 2 is 2.08 bits per heavy atom. The van der Waals surface area contributed by atoms with Gasteiger partial charge in [0.25, 0.3) is 5.91 Å². The molecule has 0 unspecified atom stereocenters. The molecule has 0 bridgehead atoms. The predicted octanol–water partition coefficient (Wildman–Crippen LogP) is 3.83. The third-order valence-corrected chi connectivity index (χ3v) is 4.81. The van der Waals surface area contributed by atoms with Crippen LogP contribution in [0.4, 0.5) is 11.4 Å². The molecule has 2 aliphatic heterocycles. The largest absolute Gasteiger partial charge is 0.493 e. The molecule has 1 N–H and O–H groups in total. The Morgan fingerprint density at radius 3 is 2.88 bits per heavy atom. The molecule has 1 amide bonds. The number of fused-ring (bicyclic) bond motifs is 4.